The zero-order valence-electron chi connectivity index (χ0n) is 10.7. The molecule has 0 radical (unpaired) electrons. The number of hydrogen-bond acceptors (Lipinski definition) is 5. The number of sulfonamides is 1. The SMILES string of the molecule is Cc1ccc(N)cc1NS(=O)(=O)c1ccc(C#N)nc1. The average molecular weight is 288 g/mol. The van der Waals surface area contributed by atoms with E-state index in [0.717, 1.165) is 11.8 Å². The van der Waals surface area contributed by atoms with E-state index in [4.69, 9.17) is 11.0 Å². The summed E-state index contributed by atoms with van der Waals surface area (Å²) >= 11 is 0. The molecule has 0 atom stereocenters. The minimum Gasteiger partial charge on any atom is -0.399 e. The van der Waals surface area contributed by atoms with E-state index in [1.54, 1.807) is 25.1 Å². The molecule has 0 bridgehead atoms. The van der Waals surface area contributed by atoms with Crippen molar-refractivity contribution >= 4 is 21.4 Å². The second-order valence-corrected chi connectivity index (χ2v) is 5.85. The highest BCUT2D eigenvalue weighted by molar-refractivity contribution is 7.92. The fourth-order valence-corrected chi connectivity index (χ4v) is 2.62. The molecule has 0 fully saturated rings. The van der Waals surface area contributed by atoms with E-state index in [2.05, 4.69) is 9.71 Å². The van der Waals surface area contributed by atoms with Crippen molar-refractivity contribution in [1.82, 2.24) is 4.98 Å². The van der Waals surface area contributed by atoms with Gasteiger partial charge in [-0.25, -0.2) is 13.4 Å². The second-order valence-electron chi connectivity index (χ2n) is 4.17. The zero-order chi connectivity index (χ0) is 14.8. The zero-order valence-corrected chi connectivity index (χ0v) is 11.5. The number of aryl methyl sites for hydroxylation is 1. The maximum atomic E-state index is 12.2. The molecule has 0 saturated heterocycles. The van der Waals surface area contributed by atoms with Gasteiger partial charge in [0.25, 0.3) is 10.0 Å². The number of nitrogens with two attached hydrogens (primary N) is 1. The Hall–Kier alpha value is -2.59. The Kier molecular flexibility index (Phi) is 3.59. The van der Waals surface area contributed by atoms with Gasteiger partial charge in [-0.15, -0.1) is 0 Å². The molecule has 2 rings (SSSR count). The molecule has 1 heterocycles. The molecule has 6 nitrogen and oxygen atoms in total. The molecule has 1 aromatic carbocycles. The first kappa shape index (κ1) is 13.8. The summed E-state index contributed by atoms with van der Waals surface area (Å²) in [5.41, 5.74) is 7.43. The average Bonchev–Trinajstić information content (AvgIpc) is 2.43. The predicted octanol–water partition coefficient (Wildman–Crippen LogP) is 1.64. The van der Waals surface area contributed by atoms with E-state index in [0.29, 0.717) is 11.4 Å². The van der Waals surface area contributed by atoms with E-state index in [1.807, 2.05) is 6.07 Å². The van der Waals surface area contributed by atoms with Crippen LogP contribution in [0.25, 0.3) is 0 Å². The summed E-state index contributed by atoms with van der Waals surface area (Å²) in [7, 11) is -3.76. The van der Waals surface area contributed by atoms with Crippen molar-refractivity contribution in [3.63, 3.8) is 0 Å². The van der Waals surface area contributed by atoms with Gasteiger partial charge in [0.2, 0.25) is 0 Å². The van der Waals surface area contributed by atoms with Gasteiger partial charge >= 0.3 is 0 Å². The van der Waals surface area contributed by atoms with Crippen molar-refractivity contribution in [1.29, 1.82) is 5.26 Å². The van der Waals surface area contributed by atoms with Crippen LogP contribution in [-0.4, -0.2) is 13.4 Å². The van der Waals surface area contributed by atoms with Gasteiger partial charge in [-0.3, -0.25) is 4.72 Å². The summed E-state index contributed by atoms with van der Waals surface area (Å²) in [5, 5.41) is 8.64. The van der Waals surface area contributed by atoms with Gasteiger partial charge in [-0.1, -0.05) is 6.07 Å². The molecular weight excluding hydrogens is 276 g/mol. The van der Waals surface area contributed by atoms with Crippen LogP contribution >= 0.6 is 0 Å². The number of nitrogens with one attached hydrogen (secondary N) is 1. The summed E-state index contributed by atoms with van der Waals surface area (Å²) in [5.74, 6) is 0. The second kappa shape index (κ2) is 5.19. The lowest BCUT2D eigenvalue weighted by Crippen LogP contribution is -2.14. The van der Waals surface area contributed by atoms with Gasteiger partial charge in [0.05, 0.1) is 5.69 Å². The minimum atomic E-state index is -3.76. The van der Waals surface area contributed by atoms with Crippen molar-refractivity contribution in [3.8, 4) is 6.07 Å². The summed E-state index contributed by atoms with van der Waals surface area (Å²) in [6, 6.07) is 9.47. The van der Waals surface area contributed by atoms with Crippen molar-refractivity contribution in [2.24, 2.45) is 0 Å². The Bertz CT molecular complexity index is 777. The summed E-state index contributed by atoms with van der Waals surface area (Å²) in [4.78, 5) is 3.72. The highest BCUT2D eigenvalue weighted by atomic mass is 32.2. The minimum absolute atomic E-state index is 0.0154. The molecule has 20 heavy (non-hydrogen) atoms. The van der Waals surface area contributed by atoms with Crippen LogP contribution in [0.2, 0.25) is 0 Å². The van der Waals surface area contributed by atoms with Crippen LogP contribution in [0.4, 0.5) is 11.4 Å². The molecule has 102 valence electrons. The normalized spacial score (nSPS) is 10.8. The van der Waals surface area contributed by atoms with Crippen molar-refractivity contribution in [3.05, 3.63) is 47.8 Å². The Labute approximate surface area is 116 Å². The molecule has 2 aromatic rings. The van der Waals surface area contributed by atoms with E-state index in [9.17, 15) is 8.42 Å². The molecule has 3 N–H and O–H groups in total. The van der Waals surface area contributed by atoms with Crippen molar-refractivity contribution in [2.75, 3.05) is 10.5 Å². The third-order valence-electron chi connectivity index (χ3n) is 2.67. The smallest absolute Gasteiger partial charge is 0.263 e. The first-order chi connectivity index (χ1) is 9.42. The summed E-state index contributed by atoms with van der Waals surface area (Å²) in [6.45, 7) is 1.77. The molecule has 0 saturated carbocycles. The number of rotatable bonds is 3. The number of nitrogens with zero attached hydrogens (tertiary/aromatic N) is 2. The molecular formula is C13H12N4O2S. The molecule has 7 heteroatoms. The van der Waals surface area contributed by atoms with Gasteiger partial charge < -0.3 is 5.73 Å². The van der Waals surface area contributed by atoms with Crippen LogP contribution < -0.4 is 10.5 Å². The Morgan fingerprint density at radius 1 is 1.30 bits per heavy atom. The summed E-state index contributed by atoms with van der Waals surface area (Å²) in [6.07, 6.45) is 1.14. The van der Waals surface area contributed by atoms with Crippen LogP contribution in [0.15, 0.2) is 41.4 Å². The van der Waals surface area contributed by atoms with Crippen molar-refractivity contribution < 1.29 is 8.42 Å². The number of nitrogen functional groups attached to an aromatic ring is 1. The first-order valence-electron chi connectivity index (χ1n) is 5.67. The Morgan fingerprint density at radius 2 is 2.05 bits per heavy atom. The standard InChI is InChI=1S/C13H12N4O2S/c1-9-2-3-10(15)6-13(9)17-20(18,19)12-5-4-11(7-14)16-8-12/h2-6,8,17H,15H2,1H3. The van der Waals surface area contributed by atoms with Gasteiger partial charge in [-0.2, -0.15) is 5.26 Å². The lowest BCUT2D eigenvalue weighted by atomic mass is 10.2. The number of anilines is 2. The fourth-order valence-electron chi connectivity index (χ4n) is 1.56. The fraction of sp³-hybridized carbons (Fsp3) is 0.0769. The molecule has 0 unspecified atom stereocenters. The third-order valence-corrected chi connectivity index (χ3v) is 4.02. The Balaban J connectivity index is 2.35. The van der Waals surface area contributed by atoms with Gasteiger partial charge in [0, 0.05) is 11.9 Å². The monoisotopic (exact) mass is 288 g/mol. The van der Waals surface area contributed by atoms with Crippen LogP contribution in [0.1, 0.15) is 11.3 Å². The first-order valence-corrected chi connectivity index (χ1v) is 7.16. The van der Waals surface area contributed by atoms with Crippen molar-refractivity contribution in [2.45, 2.75) is 11.8 Å². The van der Waals surface area contributed by atoms with Gasteiger partial charge in [0.1, 0.15) is 16.7 Å². The molecule has 0 spiro atoms. The predicted molar refractivity (Wildman–Crippen MR) is 75.4 cm³/mol. The number of aromatic nitrogens is 1. The Morgan fingerprint density at radius 3 is 2.65 bits per heavy atom. The molecule has 1 aromatic heterocycles. The number of nitriles is 1. The summed E-state index contributed by atoms with van der Waals surface area (Å²) < 4.78 is 26.8. The van der Waals surface area contributed by atoms with E-state index in [-0.39, 0.29) is 10.6 Å². The maximum absolute atomic E-state index is 12.2. The highest BCUT2D eigenvalue weighted by Gasteiger charge is 2.15. The van der Waals surface area contributed by atoms with Gasteiger partial charge in [0.15, 0.2) is 0 Å². The van der Waals surface area contributed by atoms with Gasteiger partial charge in [-0.05, 0) is 36.8 Å². The maximum Gasteiger partial charge on any atom is 0.263 e. The lowest BCUT2D eigenvalue weighted by Gasteiger charge is -2.11. The number of hydrogen-bond donors (Lipinski definition) is 2. The van der Waals surface area contributed by atoms with Crippen LogP contribution in [0.5, 0.6) is 0 Å². The van der Waals surface area contributed by atoms with Crippen LogP contribution in [0.3, 0.4) is 0 Å². The highest BCUT2D eigenvalue weighted by Crippen LogP contribution is 2.21. The third kappa shape index (κ3) is 2.87. The molecule has 0 aliphatic carbocycles. The lowest BCUT2D eigenvalue weighted by molar-refractivity contribution is 0.600. The largest absolute Gasteiger partial charge is 0.399 e. The number of benzene rings is 1. The molecule has 0 aliphatic heterocycles. The van der Waals surface area contributed by atoms with Crippen LogP contribution in [0, 0.1) is 18.3 Å². The number of pyridine rings is 1. The van der Waals surface area contributed by atoms with Crippen LogP contribution in [-0.2, 0) is 10.0 Å². The quantitative estimate of drug-likeness (QED) is 0.834. The van der Waals surface area contributed by atoms with E-state index in [1.165, 1.54) is 12.1 Å². The van der Waals surface area contributed by atoms with E-state index < -0.39 is 10.0 Å². The molecule has 0 aliphatic rings. The molecule has 0 amide bonds. The topological polar surface area (TPSA) is 109 Å². The van der Waals surface area contributed by atoms with E-state index >= 15 is 0 Å².